The lowest BCUT2D eigenvalue weighted by Gasteiger charge is -2.11. The standard InChI is InChI=1S/C13H17N3O3S2/c1-9(21(2)19)5-7-16-12-10(4-3-6-14-12)15-13(16)20-8-11(17)18/h3-4,6,9H,5,7-8H2,1-2H3,(H,17,18). The molecule has 0 spiro atoms. The van der Waals surface area contributed by atoms with Gasteiger partial charge in [-0.15, -0.1) is 0 Å². The van der Waals surface area contributed by atoms with Crippen molar-refractivity contribution < 1.29 is 14.1 Å². The van der Waals surface area contributed by atoms with Crippen LogP contribution >= 0.6 is 11.8 Å². The molecule has 114 valence electrons. The highest BCUT2D eigenvalue weighted by Gasteiger charge is 2.15. The first-order chi connectivity index (χ1) is 9.99. The Kier molecular flexibility index (Phi) is 5.35. The number of carboxylic acids is 1. The highest BCUT2D eigenvalue weighted by atomic mass is 32.2. The molecule has 2 rings (SSSR count). The Morgan fingerprint density at radius 3 is 3.00 bits per heavy atom. The monoisotopic (exact) mass is 327 g/mol. The molecule has 0 fully saturated rings. The van der Waals surface area contributed by atoms with E-state index >= 15 is 0 Å². The van der Waals surface area contributed by atoms with Crippen molar-refractivity contribution in [3.63, 3.8) is 0 Å². The molecule has 2 aromatic heterocycles. The lowest BCUT2D eigenvalue weighted by Crippen LogP contribution is -2.13. The normalized spacial score (nSPS) is 14.2. The summed E-state index contributed by atoms with van der Waals surface area (Å²) in [6, 6.07) is 3.65. The maximum atomic E-state index is 11.5. The molecular formula is C13H17N3O3S2. The van der Waals surface area contributed by atoms with Crippen molar-refractivity contribution in [1.82, 2.24) is 14.5 Å². The van der Waals surface area contributed by atoms with Crippen LogP contribution in [0.4, 0.5) is 0 Å². The highest BCUT2D eigenvalue weighted by Crippen LogP contribution is 2.23. The van der Waals surface area contributed by atoms with E-state index in [0.717, 1.165) is 17.6 Å². The fourth-order valence-corrected chi connectivity index (χ4v) is 3.04. The number of nitrogens with zero attached hydrogens (tertiary/aromatic N) is 3. The number of pyridine rings is 1. The predicted molar refractivity (Wildman–Crippen MR) is 84.0 cm³/mol. The van der Waals surface area contributed by atoms with Gasteiger partial charge in [-0.05, 0) is 18.6 Å². The average Bonchev–Trinajstić information content (AvgIpc) is 2.80. The zero-order valence-corrected chi connectivity index (χ0v) is 13.5. The van der Waals surface area contributed by atoms with Gasteiger partial charge < -0.3 is 9.67 Å². The second-order valence-electron chi connectivity index (χ2n) is 4.67. The summed E-state index contributed by atoms with van der Waals surface area (Å²) in [7, 11) is -0.878. The zero-order valence-electron chi connectivity index (χ0n) is 11.9. The molecule has 8 heteroatoms. The van der Waals surface area contributed by atoms with Crippen LogP contribution in [0.2, 0.25) is 0 Å². The number of hydrogen-bond donors (Lipinski definition) is 1. The number of carboxylic acid groups (broad SMARTS) is 1. The molecule has 0 saturated heterocycles. The van der Waals surface area contributed by atoms with Crippen LogP contribution in [0, 0.1) is 0 Å². The smallest absolute Gasteiger partial charge is 0.313 e. The van der Waals surface area contributed by atoms with Gasteiger partial charge in [0, 0.05) is 35.0 Å². The Morgan fingerprint density at radius 1 is 1.57 bits per heavy atom. The summed E-state index contributed by atoms with van der Waals surface area (Å²) in [5, 5.41) is 9.53. The Hall–Kier alpha value is -1.41. The number of aromatic nitrogens is 3. The molecule has 0 radical (unpaired) electrons. The maximum Gasteiger partial charge on any atom is 0.313 e. The molecule has 0 saturated carbocycles. The van der Waals surface area contributed by atoms with E-state index < -0.39 is 16.8 Å². The Balaban J connectivity index is 2.26. The maximum absolute atomic E-state index is 11.5. The number of aliphatic carboxylic acids is 1. The molecule has 2 unspecified atom stereocenters. The molecule has 2 atom stereocenters. The molecule has 0 amide bonds. The van der Waals surface area contributed by atoms with Crippen LogP contribution in [0.3, 0.4) is 0 Å². The molecular weight excluding hydrogens is 310 g/mol. The summed E-state index contributed by atoms with van der Waals surface area (Å²) in [5.74, 6) is -0.923. The SMILES string of the molecule is CC(CCn1c(SCC(=O)O)nc2cccnc21)S(C)=O. The first-order valence-corrected chi connectivity index (χ1v) is 9.07. The minimum atomic E-state index is -0.880. The number of carbonyl (C=O) groups is 1. The predicted octanol–water partition coefficient (Wildman–Crippen LogP) is 1.77. The van der Waals surface area contributed by atoms with Crippen molar-refractivity contribution in [3.05, 3.63) is 18.3 Å². The third-order valence-electron chi connectivity index (χ3n) is 3.12. The molecule has 2 heterocycles. The van der Waals surface area contributed by atoms with Gasteiger partial charge in [0.05, 0.1) is 5.75 Å². The molecule has 0 aliphatic rings. The Bertz CT molecular complexity index is 672. The fourth-order valence-electron chi connectivity index (χ4n) is 1.85. The molecule has 21 heavy (non-hydrogen) atoms. The second kappa shape index (κ2) is 7.04. The largest absolute Gasteiger partial charge is 0.481 e. The van der Waals surface area contributed by atoms with Crippen molar-refractivity contribution in [2.45, 2.75) is 30.3 Å². The van der Waals surface area contributed by atoms with Crippen LogP contribution in [0.15, 0.2) is 23.5 Å². The summed E-state index contributed by atoms with van der Waals surface area (Å²) in [4.78, 5) is 19.5. The van der Waals surface area contributed by atoms with Crippen molar-refractivity contribution in [1.29, 1.82) is 0 Å². The third-order valence-corrected chi connectivity index (χ3v) is 5.45. The van der Waals surface area contributed by atoms with Crippen LogP contribution in [0.5, 0.6) is 0 Å². The lowest BCUT2D eigenvalue weighted by atomic mass is 10.3. The van der Waals surface area contributed by atoms with E-state index in [2.05, 4.69) is 9.97 Å². The third kappa shape index (κ3) is 4.04. The summed E-state index contributed by atoms with van der Waals surface area (Å²) in [5.41, 5.74) is 1.48. The van der Waals surface area contributed by atoms with E-state index in [-0.39, 0.29) is 11.0 Å². The lowest BCUT2D eigenvalue weighted by molar-refractivity contribution is -0.133. The number of thioether (sulfide) groups is 1. The van der Waals surface area contributed by atoms with Crippen molar-refractivity contribution in [2.24, 2.45) is 0 Å². The quantitative estimate of drug-likeness (QED) is 0.780. The van der Waals surface area contributed by atoms with Gasteiger partial charge in [-0.2, -0.15) is 0 Å². The summed E-state index contributed by atoms with van der Waals surface area (Å²) < 4.78 is 13.4. The van der Waals surface area contributed by atoms with E-state index in [9.17, 15) is 9.00 Å². The van der Waals surface area contributed by atoms with Gasteiger partial charge in [0.15, 0.2) is 10.8 Å². The van der Waals surface area contributed by atoms with E-state index in [1.807, 2.05) is 17.6 Å². The number of imidazole rings is 1. The first-order valence-electron chi connectivity index (χ1n) is 6.47. The van der Waals surface area contributed by atoms with Gasteiger partial charge in [0.1, 0.15) is 5.52 Å². The number of fused-ring (bicyclic) bond motifs is 1. The highest BCUT2D eigenvalue weighted by molar-refractivity contribution is 7.99. The summed E-state index contributed by atoms with van der Waals surface area (Å²) in [6.07, 6.45) is 4.11. The average molecular weight is 327 g/mol. The number of hydrogen-bond acceptors (Lipinski definition) is 5. The first kappa shape index (κ1) is 16.0. The van der Waals surface area contributed by atoms with Gasteiger partial charge in [0.2, 0.25) is 0 Å². The summed E-state index contributed by atoms with van der Waals surface area (Å²) in [6.45, 7) is 2.56. The van der Waals surface area contributed by atoms with Gasteiger partial charge >= 0.3 is 5.97 Å². The molecule has 0 aliphatic carbocycles. The van der Waals surface area contributed by atoms with Crippen molar-refractivity contribution in [3.8, 4) is 0 Å². The molecule has 2 aromatic rings. The topological polar surface area (TPSA) is 85.1 Å². The van der Waals surface area contributed by atoms with Gasteiger partial charge in [-0.3, -0.25) is 9.00 Å². The molecule has 0 aromatic carbocycles. The van der Waals surface area contributed by atoms with Crippen LogP contribution in [-0.4, -0.2) is 47.1 Å². The van der Waals surface area contributed by atoms with Crippen LogP contribution in [-0.2, 0) is 22.1 Å². The van der Waals surface area contributed by atoms with E-state index in [1.54, 1.807) is 18.5 Å². The Labute approximate surface area is 129 Å². The minimum absolute atomic E-state index is 0.0431. The van der Waals surface area contributed by atoms with Crippen LogP contribution in [0.25, 0.3) is 11.2 Å². The molecule has 0 bridgehead atoms. The van der Waals surface area contributed by atoms with Crippen LogP contribution < -0.4 is 0 Å². The number of aryl methyl sites for hydroxylation is 1. The van der Waals surface area contributed by atoms with E-state index in [0.29, 0.717) is 11.7 Å². The molecule has 1 N–H and O–H groups in total. The Morgan fingerprint density at radius 2 is 2.33 bits per heavy atom. The van der Waals surface area contributed by atoms with Gasteiger partial charge in [0.25, 0.3) is 0 Å². The van der Waals surface area contributed by atoms with Crippen molar-refractivity contribution in [2.75, 3.05) is 12.0 Å². The number of rotatable bonds is 7. The summed E-state index contributed by atoms with van der Waals surface area (Å²) >= 11 is 1.18. The zero-order chi connectivity index (χ0) is 15.4. The second-order valence-corrected chi connectivity index (χ2v) is 7.42. The van der Waals surface area contributed by atoms with Gasteiger partial charge in [-0.25, -0.2) is 9.97 Å². The molecule has 6 nitrogen and oxygen atoms in total. The van der Waals surface area contributed by atoms with Crippen molar-refractivity contribution >= 4 is 39.7 Å². The van der Waals surface area contributed by atoms with Crippen LogP contribution in [0.1, 0.15) is 13.3 Å². The van der Waals surface area contributed by atoms with E-state index in [4.69, 9.17) is 5.11 Å². The fraction of sp³-hybridized carbons (Fsp3) is 0.462. The minimum Gasteiger partial charge on any atom is -0.481 e. The van der Waals surface area contributed by atoms with Gasteiger partial charge in [-0.1, -0.05) is 18.7 Å². The molecule has 0 aliphatic heterocycles. The van der Waals surface area contributed by atoms with E-state index in [1.165, 1.54) is 11.8 Å².